The Kier molecular flexibility index (Phi) is 37.8. The highest BCUT2D eigenvalue weighted by atomic mass is 16.4. The zero-order valence-electron chi connectivity index (χ0n) is 65.7. The lowest BCUT2D eigenvalue weighted by Crippen LogP contribution is -2.60. The van der Waals surface area contributed by atoms with Gasteiger partial charge >= 0.3 is 11.9 Å². The molecule has 1 aliphatic heterocycles. The minimum atomic E-state index is -1.72. The number of benzene rings is 2. The van der Waals surface area contributed by atoms with Crippen LogP contribution >= 0.6 is 0 Å². The first kappa shape index (κ1) is 93.8. The number of nitrogens with one attached hydrogen (secondary N) is 14. The Bertz CT molecular complexity index is 4100. The fraction of sp³-hybridized carbons (Fsp3) is 0.560. The third kappa shape index (κ3) is 30.2. The number of rotatable bonds is 49. The molecule has 0 bridgehead atoms. The van der Waals surface area contributed by atoms with Crippen molar-refractivity contribution in [1.82, 2.24) is 78.7 Å². The maximum Gasteiger partial charge on any atom is 0.328 e. The number of carbonyl (C=O) groups excluding carboxylic acids is 14. The van der Waals surface area contributed by atoms with Crippen LogP contribution in [0.3, 0.4) is 0 Å². The maximum absolute atomic E-state index is 14.4. The molecule has 12 atom stereocenters. The number of aliphatic hydroxyl groups is 1. The number of carboxylic acids is 2. The van der Waals surface area contributed by atoms with Crippen LogP contribution in [0.15, 0.2) is 65.9 Å². The Balaban J connectivity index is 1.21. The average molecular weight is 1610 g/mol. The van der Waals surface area contributed by atoms with Crippen LogP contribution in [-0.4, -0.2) is 243 Å². The number of guanidine groups is 1. The van der Waals surface area contributed by atoms with Gasteiger partial charge in [0.25, 0.3) is 0 Å². The highest BCUT2D eigenvalue weighted by Gasteiger charge is 2.40. The van der Waals surface area contributed by atoms with Gasteiger partial charge in [-0.3, -0.25) is 76.9 Å². The molecular formula is C75H113N21O19. The molecule has 14 amide bonds. The molecule has 5 rings (SSSR count). The lowest BCUT2D eigenvalue weighted by atomic mass is 9.99. The van der Waals surface area contributed by atoms with Crippen LogP contribution in [0, 0.1) is 17.8 Å². The molecule has 2 aromatic carbocycles. The van der Waals surface area contributed by atoms with Crippen LogP contribution in [0.1, 0.15) is 137 Å². The molecule has 115 heavy (non-hydrogen) atoms. The Morgan fingerprint density at radius 3 is 1.52 bits per heavy atom. The largest absolute Gasteiger partial charge is 0.481 e. The molecule has 40 heteroatoms. The third-order valence-corrected chi connectivity index (χ3v) is 19.0. The number of aliphatic hydroxyl groups excluding tert-OH is 1. The first-order valence-electron chi connectivity index (χ1n) is 38.3. The Morgan fingerprint density at radius 1 is 0.522 bits per heavy atom. The van der Waals surface area contributed by atoms with Crippen LogP contribution < -0.4 is 92.5 Å². The van der Waals surface area contributed by atoms with Crippen LogP contribution in [-0.2, 0) is 89.6 Å². The molecule has 1 saturated heterocycles. The average Bonchev–Trinajstić information content (AvgIpc) is 1.11. The quantitative estimate of drug-likeness (QED) is 0.0113. The van der Waals surface area contributed by atoms with Gasteiger partial charge in [0, 0.05) is 66.6 Å². The maximum atomic E-state index is 14.4. The number of carboxylic acid groups (broad SMARTS) is 2. The van der Waals surface area contributed by atoms with E-state index in [0.29, 0.717) is 35.7 Å². The second-order valence-electron chi connectivity index (χ2n) is 29.4. The van der Waals surface area contributed by atoms with E-state index < -0.39 is 218 Å². The van der Waals surface area contributed by atoms with E-state index in [0.717, 1.165) is 16.5 Å². The number of aliphatic carboxylic acids is 2. The zero-order valence-corrected chi connectivity index (χ0v) is 65.7. The molecule has 0 saturated carbocycles. The third-order valence-electron chi connectivity index (χ3n) is 19.0. The van der Waals surface area contributed by atoms with E-state index in [4.69, 9.17) is 28.7 Å². The number of para-hydroxylation sites is 2. The van der Waals surface area contributed by atoms with E-state index in [-0.39, 0.29) is 82.9 Å². The van der Waals surface area contributed by atoms with Crippen LogP contribution in [0.2, 0.25) is 0 Å². The minimum Gasteiger partial charge on any atom is -0.481 e. The molecule has 40 nitrogen and oxygen atoms in total. The van der Waals surface area contributed by atoms with E-state index in [9.17, 15) is 92.0 Å². The Morgan fingerprint density at radius 2 is 0.991 bits per heavy atom. The first-order chi connectivity index (χ1) is 54.4. The number of carbonyl (C=O) groups is 16. The predicted molar refractivity (Wildman–Crippen MR) is 420 cm³/mol. The fourth-order valence-corrected chi connectivity index (χ4v) is 12.8. The number of nitrogens with two attached hydrogens (primary N) is 5. The molecule has 632 valence electrons. The van der Waals surface area contributed by atoms with Gasteiger partial charge in [-0.05, 0) is 125 Å². The summed E-state index contributed by atoms with van der Waals surface area (Å²) in [6.07, 6.45) is 2.26. The predicted octanol–water partition coefficient (Wildman–Crippen LogP) is -4.40. The number of primary amides is 1. The van der Waals surface area contributed by atoms with Gasteiger partial charge in [0.2, 0.25) is 82.7 Å². The van der Waals surface area contributed by atoms with Crippen molar-refractivity contribution in [1.29, 1.82) is 0 Å². The van der Waals surface area contributed by atoms with E-state index >= 15 is 0 Å². The van der Waals surface area contributed by atoms with Crippen molar-refractivity contribution < 1.29 is 92.0 Å². The van der Waals surface area contributed by atoms with Crippen molar-refractivity contribution >= 4 is 122 Å². The molecule has 1 aliphatic rings. The topological polar surface area (TPSA) is 655 Å². The van der Waals surface area contributed by atoms with E-state index in [1.807, 2.05) is 24.3 Å². The number of H-pyrrole nitrogens is 2. The smallest absolute Gasteiger partial charge is 0.328 e. The van der Waals surface area contributed by atoms with Gasteiger partial charge < -0.3 is 123 Å². The molecule has 27 N–H and O–H groups in total. The summed E-state index contributed by atoms with van der Waals surface area (Å²) in [5.74, 6) is -17.0. The molecule has 3 heterocycles. The summed E-state index contributed by atoms with van der Waals surface area (Å²) >= 11 is 0. The van der Waals surface area contributed by atoms with Gasteiger partial charge in [-0.2, -0.15) is 0 Å². The Hall–Kier alpha value is -11.8. The molecule has 0 spiro atoms. The van der Waals surface area contributed by atoms with Crippen LogP contribution in [0.5, 0.6) is 0 Å². The second-order valence-corrected chi connectivity index (χ2v) is 29.4. The number of aromatic nitrogens is 2. The van der Waals surface area contributed by atoms with Gasteiger partial charge in [-0.25, -0.2) is 4.79 Å². The van der Waals surface area contributed by atoms with Gasteiger partial charge in [0.1, 0.15) is 66.5 Å². The number of likely N-dealkylation sites (tertiary alicyclic amines) is 1. The number of aliphatic imine (C=N–C) groups is 1. The summed E-state index contributed by atoms with van der Waals surface area (Å²) in [6.45, 7) is 8.95. The standard InChI is InChI=1S/C75H113N21O19/c1-38(2)30-53(68(108)90-52(24-26-60(101)102)67(107)92-54(32-43-34-83-48-19-11-9-17-45(43)48)69(109)95-62(40(5)6)72(112)93-55(37-97)74(114)115)88-59(100)35-84-64(104)49(20-12-13-27-76)87-58(99)36-85-70(110)56-22-15-29-96(56)73(113)41(7)86-65(105)51(23-25-57(78)98)89-66(106)50(21-14-28-81-75(79)80)91-71(111)61(39(3)4)94-63(103)46(77)31-42-33-82-47-18-10-8-16-44(42)47/h8-11,16-19,33-34,38-41,46,49-56,61-62,82-83,97H,12-15,20-32,35-37,76-77H2,1-7H3,(H2,78,98)(H,84,104)(H,85,110)(H,86,105)(H,87,99)(H,88,100)(H,89,106)(H,90,108)(H,91,111)(H,92,107)(H,93,112)(H,94,103)(H,95,109)(H,101,102)(H,114,115)(H4,79,80,81)/t41-,46-,49-,50-,51-,52-,53-,54-,55-,56-,61-,62-/m0/s1. The van der Waals surface area contributed by atoms with Crippen molar-refractivity contribution in [2.75, 3.05) is 39.3 Å². The van der Waals surface area contributed by atoms with Crippen molar-refractivity contribution in [2.45, 2.75) is 211 Å². The molecule has 0 radical (unpaired) electrons. The molecular weight excluding hydrogens is 1500 g/mol. The Labute approximate surface area is 664 Å². The van der Waals surface area contributed by atoms with Crippen LogP contribution in [0.25, 0.3) is 21.8 Å². The summed E-state index contributed by atoms with van der Waals surface area (Å²) in [6, 6.07) is -2.46. The molecule has 2 aromatic heterocycles. The van der Waals surface area contributed by atoms with Crippen molar-refractivity contribution in [3.63, 3.8) is 0 Å². The molecule has 0 unspecified atom stereocenters. The number of unbranched alkanes of at least 4 members (excludes halogenated alkanes) is 1. The van der Waals surface area contributed by atoms with Gasteiger partial charge in [0.15, 0.2) is 5.96 Å². The molecule has 0 aliphatic carbocycles. The SMILES string of the molecule is CC(C)C[C@H](NC(=O)CNC(=O)[C@H](CCCCN)NC(=O)CNC(=O)[C@@H]1CCCN1C(=O)[C@H](C)NC(=O)[C@H](CCC(N)=O)NC(=O)[C@H](CCCN=C(N)N)NC(=O)[C@@H](NC(=O)[C@@H](N)Cc1c[nH]c2ccccc12)C(C)C)C(=O)N[C@@H](CCC(=O)O)C(=O)N[C@@H](Cc1c[nH]c2ccccc12)C(=O)N[C@H](C(=O)N[C@@H](CO)C(=O)O)C(C)C. The number of aromatic amines is 2. The van der Waals surface area contributed by atoms with Gasteiger partial charge in [-0.1, -0.05) is 77.9 Å². The number of hydrogen-bond donors (Lipinski definition) is 22. The van der Waals surface area contributed by atoms with E-state index in [1.165, 1.54) is 11.8 Å². The lowest BCUT2D eigenvalue weighted by molar-refractivity contribution is -0.144. The fourth-order valence-electron chi connectivity index (χ4n) is 12.8. The minimum absolute atomic E-state index is 0.0121. The number of fused-ring (bicyclic) bond motifs is 2. The van der Waals surface area contributed by atoms with Crippen molar-refractivity contribution in [2.24, 2.45) is 51.4 Å². The zero-order chi connectivity index (χ0) is 85.3. The first-order valence-corrected chi connectivity index (χ1v) is 38.3. The number of amides is 14. The summed E-state index contributed by atoms with van der Waals surface area (Å²) in [5, 5.41) is 60.5. The summed E-state index contributed by atoms with van der Waals surface area (Å²) in [7, 11) is 0. The summed E-state index contributed by atoms with van der Waals surface area (Å²) in [5.41, 5.74) is 31.4. The highest BCUT2D eigenvalue weighted by molar-refractivity contribution is 6.00. The normalized spacial score (nSPS) is 15.5. The summed E-state index contributed by atoms with van der Waals surface area (Å²) in [4.78, 5) is 229. The number of hydrogen-bond acceptors (Lipinski definition) is 20. The van der Waals surface area contributed by atoms with Gasteiger partial charge in [-0.15, -0.1) is 0 Å². The lowest BCUT2D eigenvalue weighted by Gasteiger charge is -2.29. The summed E-state index contributed by atoms with van der Waals surface area (Å²) < 4.78 is 0. The molecule has 1 fully saturated rings. The van der Waals surface area contributed by atoms with Crippen LogP contribution in [0.4, 0.5) is 0 Å². The highest BCUT2D eigenvalue weighted by Crippen LogP contribution is 2.23. The molecule has 4 aromatic rings. The van der Waals surface area contributed by atoms with E-state index in [2.05, 4.69) is 78.8 Å². The van der Waals surface area contributed by atoms with Crippen molar-refractivity contribution in [3.05, 3.63) is 72.1 Å². The van der Waals surface area contributed by atoms with Crippen molar-refractivity contribution in [3.8, 4) is 0 Å². The van der Waals surface area contributed by atoms with Gasteiger partial charge in [0.05, 0.1) is 25.7 Å². The second kappa shape index (κ2) is 46.4. The number of nitrogens with zero attached hydrogens (tertiary/aromatic N) is 2. The van der Waals surface area contributed by atoms with E-state index in [1.54, 1.807) is 78.2 Å². The monoisotopic (exact) mass is 1610 g/mol.